The second-order valence-corrected chi connectivity index (χ2v) is 9.70. The van der Waals surface area contributed by atoms with E-state index >= 15 is 0 Å². The Morgan fingerprint density at radius 3 is 2.32 bits per heavy atom. The highest BCUT2D eigenvalue weighted by Gasteiger charge is 2.72. The quantitative estimate of drug-likeness (QED) is 0.627. The summed E-state index contributed by atoms with van der Waals surface area (Å²) in [6.45, 7) is 13.2. The molecule has 8 unspecified atom stereocenters. The van der Waals surface area contributed by atoms with Crippen LogP contribution in [0.5, 0.6) is 0 Å². The first-order valence-corrected chi connectivity index (χ1v) is 9.24. The first-order valence-electron chi connectivity index (χ1n) is 9.24. The van der Waals surface area contributed by atoms with E-state index in [-0.39, 0.29) is 17.6 Å². The number of Topliss-reactive ketones (excluding diaryl/α,β-unsaturated/α-hetero) is 1. The molecular weight excluding hydrogens is 320 g/mol. The zero-order chi connectivity index (χ0) is 19.0. The SMILES string of the molecule is C=CC1(C)CC(=O)C2C(C)(O1)C(O)C(O)C1C(C)(C)CCC(O)C12C. The minimum Gasteiger partial charge on any atom is -0.393 e. The van der Waals surface area contributed by atoms with Crippen LogP contribution in [0.25, 0.3) is 0 Å². The van der Waals surface area contributed by atoms with E-state index < -0.39 is 46.8 Å². The molecule has 0 amide bonds. The molecule has 1 aliphatic heterocycles. The van der Waals surface area contributed by atoms with Crippen LogP contribution in [0.4, 0.5) is 0 Å². The van der Waals surface area contributed by atoms with Crippen LogP contribution in [0.1, 0.15) is 53.9 Å². The van der Waals surface area contributed by atoms with Crippen molar-refractivity contribution >= 4 is 5.78 Å². The average Bonchev–Trinajstić information content (AvgIpc) is 2.48. The van der Waals surface area contributed by atoms with Crippen LogP contribution < -0.4 is 0 Å². The van der Waals surface area contributed by atoms with Gasteiger partial charge >= 0.3 is 0 Å². The number of fused-ring (bicyclic) bond motifs is 3. The van der Waals surface area contributed by atoms with Crippen molar-refractivity contribution in [2.24, 2.45) is 22.7 Å². The van der Waals surface area contributed by atoms with Crippen LogP contribution in [0.2, 0.25) is 0 Å². The minimum absolute atomic E-state index is 0.0358. The van der Waals surface area contributed by atoms with Crippen LogP contribution in [0.15, 0.2) is 12.7 Å². The molecule has 1 saturated heterocycles. The predicted octanol–water partition coefficient (Wildman–Crippen LogP) is 1.83. The third kappa shape index (κ3) is 2.32. The largest absolute Gasteiger partial charge is 0.393 e. The summed E-state index contributed by atoms with van der Waals surface area (Å²) in [4.78, 5) is 13.2. The molecule has 8 atom stereocenters. The van der Waals surface area contributed by atoms with Crippen molar-refractivity contribution in [2.75, 3.05) is 0 Å². The fourth-order valence-corrected chi connectivity index (χ4v) is 6.42. The normalized spacial score (nSPS) is 55.2. The Labute approximate surface area is 150 Å². The molecule has 3 rings (SSSR count). The minimum atomic E-state index is -1.27. The van der Waals surface area contributed by atoms with E-state index in [0.717, 1.165) is 6.42 Å². The first kappa shape index (κ1) is 19.0. The van der Waals surface area contributed by atoms with Crippen molar-refractivity contribution in [3.05, 3.63) is 12.7 Å². The fraction of sp³-hybridized carbons (Fsp3) is 0.850. The molecule has 5 nitrogen and oxygen atoms in total. The Morgan fingerprint density at radius 1 is 1.16 bits per heavy atom. The molecule has 0 radical (unpaired) electrons. The van der Waals surface area contributed by atoms with E-state index in [0.29, 0.717) is 6.42 Å². The van der Waals surface area contributed by atoms with E-state index in [1.165, 1.54) is 0 Å². The van der Waals surface area contributed by atoms with Crippen LogP contribution in [0, 0.1) is 22.7 Å². The molecular formula is C20H32O5. The number of aliphatic hydroxyl groups is 3. The van der Waals surface area contributed by atoms with E-state index in [4.69, 9.17) is 4.74 Å². The summed E-state index contributed by atoms with van der Waals surface area (Å²) in [5, 5.41) is 33.0. The van der Waals surface area contributed by atoms with Crippen LogP contribution in [0.3, 0.4) is 0 Å². The monoisotopic (exact) mass is 352 g/mol. The number of hydrogen-bond donors (Lipinski definition) is 3. The third-order valence-electron chi connectivity index (χ3n) is 7.47. The molecule has 3 fully saturated rings. The number of ketones is 1. The molecule has 0 aromatic rings. The topological polar surface area (TPSA) is 87.0 Å². The number of ether oxygens (including phenoxy) is 1. The highest BCUT2D eigenvalue weighted by Crippen LogP contribution is 2.64. The Hall–Kier alpha value is -0.750. The number of rotatable bonds is 1. The lowest BCUT2D eigenvalue weighted by molar-refractivity contribution is -0.319. The smallest absolute Gasteiger partial charge is 0.142 e. The molecule has 3 aliphatic rings. The first-order chi connectivity index (χ1) is 11.3. The predicted molar refractivity (Wildman–Crippen MR) is 93.8 cm³/mol. The molecule has 0 aromatic carbocycles. The van der Waals surface area contributed by atoms with Crippen LogP contribution in [-0.2, 0) is 9.53 Å². The van der Waals surface area contributed by atoms with Gasteiger partial charge in [-0.05, 0) is 32.1 Å². The molecule has 3 N–H and O–H groups in total. The van der Waals surface area contributed by atoms with Crippen molar-refractivity contribution < 1.29 is 24.9 Å². The summed E-state index contributed by atoms with van der Waals surface area (Å²) < 4.78 is 6.24. The Bertz CT molecular complexity index is 601. The van der Waals surface area contributed by atoms with Gasteiger partial charge in [-0.25, -0.2) is 0 Å². The lowest BCUT2D eigenvalue weighted by Crippen LogP contribution is -2.77. The number of carbonyl (C=O) groups excluding carboxylic acids is 1. The molecule has 0 bridgehead atoms. The van der Waals surface area contributed by atoms with E-state index in [9.17, 15) is 20.1 Å². The van der Waals surface area contributed by atoms with Crippen LogP contribution in [-0.4, -0.2) is 50.6 Å². The van der Waals surface area contributed by atoms with E-state index in [1.807, 2.05) is 20.8 Å². The summed E-state index contributed by atoms with van der Waals surface area (Å²) in [5.74, 6) is -1.10. The second-order valence-electron chi connectivity index (χ2n) is 9.70. The van der Waals surface area contributed by atoms with Crippen molar-refractivity contribution in [1.29, 1.82) is 0 Å². The molecule has 2 saturated carbocycles. The number of carbonyl (C=O) groups is 1. The van der Waals surface area contributed by atoms with Gasteiger partial charge < -0.3 is 20.1 Å². The summed E-state index contributed by atoms with van der Waals surface area (Å²) in [7, 11) is 0. The molecule has 2 aliphatic carbocycles. The number of hydrogen-bond acceptors (Lipinski definition) is 5. The van der Waals surface area contributed by atoms with E-state index in [1.54, 1.807) is 19.9 Å². The van der Waals surface area contributed by atoms with Gasteiger partial charge in [0.25, 0.3) is 0 Å². The van der Waals surface area contributed by atoms with Crippen molar-refractivity contribution in [3.63, 3.8) is 0 Å². The fourth-order valence-electron chi connectivity index (χ4n) is 6.42. The van der Waals surface area contributed by atoms with Gasteiger partial charge in [0.05, 0.1) is 23.7 Å². The maximum absolute atomic E-state index is 13.2. The molecule has 1 heterocycles. The average molecular weight is 352 g/mol. The highest BCUT2D eigenvalue weighted by molar-refractivity contribution is 5.86. The zero-order valence-corrected chi connectivity index (χ0v) is 16.0. The third-order valence-corrected chi connectivity index (χ3v) is 7.47. The summed E-state index contributed by atoms with van der Waals surface area (Å²) in [5.41, 5.74) is -3.30. The van der Waals surface area contributed by atoms with Crippen molar-refractivity contribution in [3.8, 4) is 0 Å². The van der Waals surface area contributed by atoms with Gasteiger partial charge in [-0.2, -0.15) is 0 Å². The van der Waals surface area contributed by atoms with Gasteiger partial charge in [-0.15, -0.1) is 6.58 Å². The zero-order valence-electron chi connectivity index (χ0n) is 16.0. The van der Waals surface area contributed by atoms with Gasteiger partial charge in [0.2, 0.25) is 0 Å². The molecule has 5 heteroatoms. The van der Waals surface area contributed by atoms with Gasteiger partial charge in [0, 0.05) is 17.8 Å². The standard InChI is InChI=1S/C20H32O5/c1-7-18(4)10-11(21)14-19(5)12(22)8-9-17(2,3)15(19)13(23)16(24)20(14,6)25-18/h7,12-16,22-24H,1,8-10H2,2-6H3. The van der Waals surface area contributed by atoms with Crippen molar-refractivity contribution in [1.82, 2.24) is 0 Å². The Kier molecular flexibility index (Phi) is 4.09. The lowest BCUT2D eigenvalue weighted by atomic mass is 9.42. The number of aliphatic hydroxyl groups excluding tert-OH is 3. The van der Waals surface area contributed by atoms with Gasteiger partial charge in [-0.3, -0.25) is 4.79 Å². The molecule has 0 spiro atoms. The lowest BCUT2D eigenvalue weighted by Gasteiger charge is -2.67. The molecule has 142 valence electrons. The maximum Gasteiger partial charge on any atom is 0.142 e. The molecule has 25 heavy (non-hydrogen) atoms. The Balaban J connectivity index is 2.20. The summed E-state index contributed by atoms with van der Waals surface area (Å²) >= 11 is 0. The van der Waals surface area contributed by atoms with Crippen molar-refractivity contribution in [2.45, 2.75) is 83.4 Å². The summed E-state index contributed by atoms with van der Waals surface area (Å²) in [6, 6.07) is 0. The molecule has 0 aromatic heterocycles. The highest BCUT2D eigenvalue weighted by atomic mass is 16.5. The maximum atomic E-state index is 13.2. The van der Waals surface area contributed by atoms with Crippen LogP contribution >= 0.6 is 0 Å². The van der Waals surface area contributed by atoms with E-state index in [2.05, 4.69) is 6.58 Å². The van der Waals surface area contributed by atoms with Gasteiger partial charge in [-0.1, -0.05) is 26.8 Å². The van der Waals surface area contributed by atoms with Gasteiger partial charge in [0.15, 0.2) is 0 Å². The Morgan fingerprint density at radius 2 is 1.76 bits per heavy atom. The second kappa shape index (κ2) is 5.38. The summed E-state index contributed by atoms with van der Waals surface area (Å²) in [6.07, 6.45) is 0.0519. The van der Waals surface area contributed by atoms with Gasteiger partial charge in [0.1, 0.15) is 17.5 Å².